The van der Waals surface area contributed by atoms with Crippen LogP contribution in [0.4, 0.5) is 5.69 Å². The molecule has 0 atom stereocenters. The summed E-state index contributed by atoms with van der Waals surface area (Å²) in [5.41, 5.74) is 3.46. The Labute approximate surface area is 244 Å². The predicted octanol–water partition coefficient (Wildman–Crippen LogP) is 6.41. The van der Waals surface area contributed by atoms with Gasteiger partial charge in [0.05, 0.1) is 39.2 Å². The molecule has 9 heteroatoms. The lowest BCUT2D eigenvalue weighted by molar-refractivity contribution is 0.0475. The SMILES string of the molecule is Cc1c(Cl)ccc2c(C(=O)OCC(=O)c3ccccc3O)cc(-c3ccc(N4C(=O)c5ccccc5C4=O)cc3)nc12. The Kier molecular flexibility index (Phi) is 6.76. The number of aromatic hydroxyl groups is 1. The van der Waals surface area contributed by atoms with E-state index in [1.807, 2.05) is 0 Å². The number of para-hydroxylation sites is 1. The van der Waals surface area contributed by atoms with Crippen molar-refractivity contribution >= 4 is 51.8 Å². The number of amides is 2. The summed E-state index contributed by atoms with van der Waals surface area (Å²) in [6.45, 7) is 1.21. The number of rotatable bonds is 6. The van der Waals surface area contributed by atoms with Crippen LogP contribution >= 0.6 is 11.6 Å². The molecule has 0 radical (unpaired) electrons. The topological polar surface area (TPSA) is 114 Å². The van der Waals surface area contributed by atoms with Crippen LogP contribution < -0.4 is 4.90 Å². The molecule has 4 aromatic carbocycles. The summed E-state index contributed by atoms with van der Waals surface area (Å²) >= 11 is 6.37. The van der Waals surface area contributed by atoms with Crippen LogP contribution in [0.1, 0.15) is 47.0 Å². The molecule has 0 unspecified atom stereocenters. The van der Waals surface area contributed by atoms with Gasteiger partial charge in [-0.3, -0.25) is 14.4 Å². The standard InChI is InChI=1S/C33H21ClN2O6/c1-18-26(34)15-14-21-25(33(41)42-17-29(38)24-8-4-5-9-28(24)37)16-27(35-30(18)21)19-10-12-20(13-11-19)36-31(39)22-6-2-3-7-23(22)32(36)40/h2-16,37H,17H2,1H3. The van der Waals surface area contributed by atoms with Crippen molar-refractivity contribution in [2.24, 2.45) is 0 Å². The molecule has 2 heterocycles. The quantitative estimate of drug-likeness (QED) is 0.141. The van der Waals surface area contributed by atoms with Crippen LogP contribution in [0.15, 0.2) is 91.0 Å². The Morgan fingerprint density at radius 2 is 1.50 bits per heavy atom. The number of phenols is 1. The lowest BCUT2D eigenvalue weighted by atomic mass is 10.0. The van der Waals surface area contributed by atoms with Crippen molar-refractivity contribution < 1.29 is 29.0 Å². The van der Waals surface area contributed by atoms with Gasteiger partial charge in [-0.1, -0.05) is 54.1 Å². The molecule has 5 aromatic rings. The summed E-state index contributed by atoms with van der Waals surface area (Å²) in [6.07, 6.45) is 0. The summed E-state index contributed by atoms with van der Waals surface area (Å²) in [5, 5.41) is 10.9. The monoisotopic (exact) mass is 576 g/mol. The van der Waals surface area contributed by atoms with Gasteiger partial charge in [0, 0.05) is 16.0 Å². The molecule has 1 N–H and O–H groups in total. The normalized spacial score (nSPS) is 12.5. The number of aromatic nitrogens is 1. The molecule has 206 valence electrons. The van der Waals surface area contributed by atoms with Gasteiger partial charge < -0.3 is 9.84 Å². The van der Waals surface area contributed by atoms with Gasteiger partial charge in [-0.25, -0.2) is 14.7 Å². The number of halogens is 1. The third kappa shape index (κ3) is 4.57. The third-order valence-corrected chi connectivity index (χ3v) is 7.55. The van der Waals surface area contributed by atoms with Crippen molar-refractivity contribution in [1.29, 1.82) is 0 Å². The number of Topliss-reactive ketones (excluding diaryl/α,β-unsaturated/α-hetero) is 1. The first-order valence-electron chi connectivity index (χ1n) is 12.9. The Morgan fingerprint density at radius 3 is 2.17 bits per heavy atom. The van der Waals surface area contributed by atoms with Crippen LogP contribution in [0.3, 0.4) is 0 Å². The number of carbonyl (C=O) groups is 4. The fourth-order valence-corrected chi connectivity index (χ4v) is 5.07. The van der Waals surface area contributed by atoms with E-state index >= 15 is 0 Å². The molecule has 2 amide bonds. The molecule has 0 fully saturated rings. The molecular formula is C33H21ClN2O6. The van der Waals surface area contributed by atoms with Gasteiger partial charge in [0.2, 0.25) is 5.78 Å². The summed E-state index contributed by atoms with van der Waals surface area (Å²) in [6, 6.07) is 24.2. The number of ether oxygens (including phenoxy) is 1. The van der Waals surface area contributed by atoms with Crippen LogP contribution in [0.2, 0.25) is 5.02 Å². The van der Waals surface area contributed by atoms with Gasteiger partial charge in [-0.15, -0.1) is 0 Å². The van der Waals surface area contributed by atoms with Crippen LogP contribution in [0, 0.1) is 6.92 Å². The fourth-order valence-electron chi connectivity index (χ4n) is 4.92. The molecule has 0 saturated carbocycles. The molecule has 0 aliphatic carbocycles. The zero-order valence-corrected chi connectivity index (χ0v) is 22.9. The van der Waals surface area contributed by atoms with Gasteiger partial charge in [-0.2, -0.15) is 0 Å². The van der Waals surface area contributed by atoms with Crippen molar-refractivity contribution in [2.75, 3.05) is 11.5 Å². The Morgan fingerprint density at radius 1 is 0.857 bits per heavy atom. The van der Waals surface area contributed by atoms with Crippen LogP contribution in [0.25, 0.3) is 22.2 Å². The lowest BCUT2D eigenvalue weighted by Crippen LogP contribution is -2.29. The number of aryl methyl sites for hydroxylation is 1. The number of imide groups is 1. The highest BCUT2D eigenvalue weighted by Crippen LogP contribution is 2.33. The largest absolute Gasteiger partial charge is 0.507 e. The summed E-state index contributed by atoms with van der Waals surface area (Å²) in [4.78, 5) is 57.6. The maximum Gasteiger partial charge on any atom is 0.339 e. The van der Waals surface area contributed by atoms with E-state index in [0.717, 1.165) is 4.90 Å². The van der Waals surface area contributed by atoms with E-state index in [1.165, 1.54) is 12.1 Å². The number of benzene rings is 4. The molecular weight excluding hydrogens is 556 g/mol. The summed E-state index contributed by atoms with van der Waals surface area (Å²) in [5.74, 6) is -2.31. The average Bonchev–Trinajstić information content (AvgIpc) is 3.26. The van der Waals surface area contributed by atoms with Gasteiger partial charge in [0.25, 0.3) is 11.8 Å². The molecule has 1 aliphatic heterocycles. The molecule has 0 saturated heterocycles. The first kappa shape index (κ1) is 26.9. The van der Waals surface area contributed by atoms with E-state index in [9.17, 15) is 24.3 Å². The molecule has 1 aromatic heterocycles. The Balaban J connectivity index is 1.33. The number of carbonyl (C=O) groups excluding carboxylic acids is 4. The van der Waals surface area contributed by atoms with Crippen LogP contribution in [0.5, 0.6) is 5.75 Å². The number of nitrogens with zero attached hydrogens (tertiary/aromatic N) is 2. The number of hydrogen-bond donors (Lipinski definition) is 1. The first-order chi connectivity index (χ1) is 20.2. The van der Waals surface area contributed by atoms with Crippen molar-refractivity contribution in [3.05, 3.63) is 124 Å². The van der Waals surface area contributed by atoms with Crippen molar-refractivity contribution in [3.8, 4) is 17.0 Å². The maximum absolute atomic E-state index is 13.3. The van der Waals surface area contributed by atoms with Gasteiger partial charge in [0.1, 0.15) is 5.75 Å². The van der Waals surface area contributed by atoms with Gasteiger partial charge in [0.15, 0.2) is 6.61 Å². The minimum atomic E-state index is -0.753. The van der Waals surface area contributed by atoms with E-state index in [0.29, 0.717) is 49.6 Å². The highest BCUT2D eigenvalue weighted by atomic mass is 35.5. The maximum atomic E-state index is 13.3. The highest BCUT2D eigenvalue weighted by molar-refractivity contribution is 6.34. The number of phenolic OH excluding ortho intramolecular Hbond substituents is 1. The van der Waals surface area contributed by atoms with Crippen molar-refractivity contribution in [2.45, 2.75) is 6.92 Å². The van der Waals surface area contributed by atoms with Crippen molar-refractivity contribution in [3.63, 3.8) is 0 Å². The second-order valence-electron chi connectivity index (χ2n) is 9.68. The minimum Gasteiger partial charge on any atom is -0.507 e. The molecule has 8 nitrogen and oxygen atoms in total. The molecule has 0 spiro atoms. The number of esters is 1. The van der Waals surface area contributed by atoms with Gasteiger partial charge in [-0.05, 0) is 61.0 Å². The molecule has 42 heavy (non-hydrogen) atoms. The average molecular weight is 577 g/mol. The van der Waals surface area contributed by atoms with Crippen LogP contribution in [-0.4, -0.2) is 40.3 Å². The van der Waals surface area contributed by atoms with Crippen molar-refractivity contribution in [1.82, 2.24) is 4.98 Å². The summed E-state index contributed by atoms with van der Waals surface area (Å²) in [7, 11) is 0. The van der Waals surface area contributed by atoms with E-state index in [2.05, 4.69) is 0 Å². The second-order valence-corrected chi connectivity index (χ2v) is 10.1. The Hall–Kier alpha value is -5.34. The molecule has 0 bridgehead atoms. The third-order valence-electron chi connectivity index (χ3n) is 7.14. The molecule has 6 rings (SSSR count). The fraction of sp³-hybridized carbons (Fsp3) is 0.0606. The van der Waals surface area contributed by atoms with E-state index in [1.54, 1.807) is 85.8 Å². The number of fused-ring (bicyclic) bond motifs is 2. The second kappa shape index (κ2) is 10.6. The zero-order valence-electron chi connectivity index (χ0n) is 22.1. The smallest absolute Gasteiger partial charge is 0.339 e. The van der Waals surface area contributed by atoms with Crippen LogP contribution in [-0.2, 0) is 4.74 Å². The number of ketones is 1. The zero-order chi connectivity index (χ0) is 29.5. The highest BCUT2D eigenvalue weighted by Gasteiger charge is 2.36. The number of hydrogen-bond acceptors (Lipinski definition) is 7. The van der Waals surface area contributed by atoms with E-state index < -0.39 is 30.2 Å². The predicted molar refractivity (Wildman–Crippen MR) is 157 cm³/mol. The number of anilines is 1. The Bertz CT molecular complexity index is 1920. The van der Waals surface area contributed by atoms with E-state index in [4.69, 9.17) is 21.3 Å². The lowest BCUT2D eigenvalue weighted by Gasteiger charge is -2.15. The first-order valence-corrected chi connectivity index (χ1v) is 13.3. The van der Waals surface area contributed by atoms with Gasteiger partial charge >= 0.3 is 5.97 Å². The van der Waals surface area contributed by atoms with E-state index in [-0.39, 0.29) is 16.9 Å². The minimum absolute atomic E-state index is 0.0475. The number of pyridine rings is 1. The summed E-state index contributed by atoms with van der Waals surface area (Å²) < 4.78 is 5.37. The molecule has 1 aliphatic rings.